The molecule has 1 atom stereocenters. The first-order valence-corrected chi connectivity index (χ1v) is 11.1. The number of hydrogen-bond acceptors (Lipinski definition) is 5. The Bertz CT molecular complexity index is 1250. The minimum absolute atomic E-state index is 0.178. The molecule has 1 spiro atoms. The van der Waals surface area contributed by atoms with Crippen LogP contribution in [0.4, 0.5) is 15.0 Å². The highest BCUT2D eigenvalue weighted by Gasteiger charge is 2.54. The fraction of sp³-hybridized carbons (Fsp3) is 0.273. The fourth-order valence-electron chi connectivity index (χ4n) is 4.41. The van der Waals surface area contributed by atoms with Gasteiger partial charge in [-0.15, -0.1) is 11.3 Å². The van der Waals surface area contributed by atoms with Crippen LogP contribution >= 0.6 is 11.3 Å². The SMILES string of the molecule is Cc1cc(NC(=O)CN2C(=O)NC3(CCCc4sccc43)C2=O)n(-c2ccccc2F)n1. The van der Waals surface area contributed by atoms with Crippen LogP contribution in [0.2, 0.25) is 0 Å². The van der Waals surface area contributed by atoms with E-state index in [4.69, 9.17) is 0 Å². The highest BCUT2D eigenvalue weighted by molar-refractivity contribution is 7.10. The zero-order valence-electron chi connectivity index (χ0n) is 17.2. The van der Waals surface area contributed by atoms with E-state index in [9.17, 15) is 18.8 Å². The summed E-state index contributed by atoms with van der Waals surface area (Å²) in [4.78, 5) is 40.8. The van der Waals surface area contributed by atoms with Gasteiger partial charge in [0.2, 0.25) is 5.91 Å². The van der Waals surface area contributed by atoms with Gasteiger partial charge in [0.1, 0.15) is 29.4 Å². The predicted molar refractivity (Wildman–Crippen MR) is 116 cm³/mol. The number of nitrogens with one attached hydrogen (secondary N) is 2. The van der Waals surface area contributed by atoms with Crippen molar-refractivity contribution in [3.8, 4) is 5.69 Å². The zero-order chi connectivity index (χ0) is 22.5. The summed E-state index contributed by atoms with van der Waals surface area (Å²) in [6.07, 6.45) is 2.15. The van der Waals surface area contributed by atoms with Crippen LogP contribution in [-0.2, 0) is 21.5 Å². The van der Waals surface area contributed by atoms with E-state index in [1.54, 1.807) is 42.5 Å². The van der Waals surface area contributed by atoms with Crippen molar-refractivity contribution in [2.45, 2.75) is 31.7 Å². The molecule has 1 aliphatic carbocycles. The van der Waals surface area contributed by atoms with E-state index in [-0.39, 0.29) is 11.5 Å². The third-order valence-corrected chi connectivity index (χ3v) is 6.80. The standard InChI is InChI=1S/C22H20FN5O3S/c1-13-11-18(28(26-13)16-6-3-2-5-15(16)23)24-19(29)12-27-20(30)22(25-21(27)31)9-4-7-17-14(22)8-10-32-17/h2-3,5-6,8,10-11H,4,7,9,12H2,1H3,(H,24,29)(H,25,31). The molecule has 1 fully saturated rings. The Hall–Kier alpha value is -3.53. The van der Waals surface area contributed by atoms with Crippen molar-refractivity contribution < 1.29 is 18.8 Å². The summed E-state index contributed by atoms with van der Waals surface area (Å²) in [5.74, 6) is -1.25. The van der Waals surface area contributed by atoms with Crippen LogP contribution in [0.1, 0.15) is 29.0 Å². The molecule has 0 saturated carbocycles. The van der Waals surface area contributed by atoms with Crippen LogP contribution in [0, 0.1) is 12.7 Å². The second-order valence-electron chi connectivity index (χ2n) is 7.92. The maximum Gasteiger partial charge on any atom is 0.325 e. The molecule has 2 aliphatic rings. The molecule has 8 nitrogen and oxygen atoms in total. The lowest BCUT2D eigenvalue weighted by Crippen LogP contribution is -2.46. The fourth-order valence-corrected chi connectivity index (χ4v) is 5.41. The Morgan fingerprint density at radius 1 is 1.31 bits per heavy atom. The minimum atomic E-state index is -1.10. The topological polar surface area (TPSA) is 96.3 Å². The second-order valence-corrected chi connectivity index (χ2v) is 8.92. The number of carbonyl (C=O) groups is 3. The average Bonchev–Trinajstić information content (AvgIpc) is 3.43. The van der Waals surface area contributed by atoms with Gasteiger partial charge in [-0.05, 0) is 49.8 Å². The zero-order valence-corrected chi connectivity index (χ0v) is 18.0. The van der Waals surface area contributed by atoms with E-state index in [1.165, 1.54) is 10.7 Å². The molecule has 1 saturated heterocycles. The lowest BCUT2D eigenvalue weighted by molar-refractivity contribution is -0.134. The highest BCUT2D eigenvalue weighted by atomic mass is 32.1. The number of rotatable bonds is 4. The van der Waals surface area contributed by atoms with Gasteiger partial charge in [-0.2, -0.15) is 5.10 Å². The lowest BCUT2D eigenvalue weighted by atomic mass is 9.80. The first-order valence-electron chi connectivity index (χ1n) is 10.2. The molecule has 3 aromatic rings. The Labute approximate surface area is 187 Å². The smallest absolute Gasteiger partial charge is 0.319 e. The van der Waals surface area contributed by atoms with Gasteiger partial charge in [-0.3, -0.25) is 14.5 Å². The molecule has 10 heteroatoms. The molecular weight excluding hydrogens is 433 g/mol. The quantitative estimate of drug-likeness (QED) is 0.594. The third kappa shape index (κ3) is 3.18. The maximum atomic E-state index is 14.3. The van der Waals surface area contributed by atoms with Gasteiger partial charge in [-0.25, -0.2) is 13.9 Å². The van der Waals surface area contributed by atoms with Gasteiger partial charge in [0.15, 0.2) is 0 Å². The van der Waals surface area contributed by atoms with Crippen LogP contribution in [0.15, 0.2) is 41.8 Å². The molecular formula is C22H20FN5O3S. The Morgan fingerprint density at radius 2 is 2.12 bits per heavy atom. The number of halogens is 1. The van der Waals surface area contributed by atoms with Crippen LogP contribution in [0.3, 0.4) is 0 Å². The number of para-hydroxylation sites is 1. The Balaban J connectivity index is 1.37. The van der Waals surface area contributed by atoms with Crippen molar-refractivity contribution in [3.05, 3.63) is 63.7 Å². The number of aromatic nitrogens is 2. The van der Waals surface area contributed by atoms with Crippen molar-refractivity contribution in [3.63, 3.8) is 0 Å². The predicted octanol–water partition coefficient (Wildman–Crippen LogP) is 3.10. The number of nitrogens with zero attached hydrogens (tertiary/aromatic N) is 3. The summed E-state index contributed by atoms with van der Waals surface area (Å²) >= 11 is 1.57. The van der Waals surface area contributed by atoms with Gasteiger partial charge < -0.3 is 10.6 Å². The molecule has 1 aromatic carbocycles. The van der Waals surface area contributed by atoms with Crippen LogP contribution < -0.4 is 10.6 Å². The third-order valence-electron chi connectivity index (χ3n) is 5.82. The van der Waals surface area contributed by atoms with Crippen LogP contribution in [-0.4, -0.2) is 39.1 Å². The summed E-state index contributed by atoms with van der Waals surface area (Å²) in [5.41, 5.74) is 0.473. The second kappa shape index (κ2) is 7.56. The molecule has 2 aromatic heterocycles. The van der Waals surface area contributed by atoms with E-state index in [1.807, 2.05) is 11.4 Å². The number of thiophene rings is 1. The van der Waals surface area contributed by atoms with Crippen molar-refractivity contribution in [2.24, 2.45) is 0 Å². The van der Waals surface area contributed by atoms with Crippen LogP contribution in [0.5, 0.6) is 0 Å². The molecule has 1 unspecified atom stereocenters. The summed E-state index contributed by atoms with van der Waals surface area (Å²) in [5, 5.41) is 11.6. The molecule has 3 heterocycles. The number of urea groups is 1. The lowest BCUT2D eigenvalue weighted by Gasteiger charge is -2.31. The molecule has 5 rings (SSSR count). The van der Waals surface area contributed by atoms with E-state index in [0.717, 1.165) is 28.2 Å². The van der Waals surface area contributed by atoms with Crippen molar-refractivity contribution >= 4 is 35.0 Å². The molecule has 2 N–H and O–H groups in total. The van der Waals surface area contributed by atoms with E-state index in [0.29, 0.717) is 12.1 Å². The van der Waals surface area contributed by atoms with Gasteiger partial charge in [0, 0.05) is 16.5 Å². The summed E-state index contributed by atoms with van der Waals surface area (Å²) in [7, 11) is 0. The van der Waals surface area contributed by atoms with Crippen molar-refractivity contribution in [1.29, 1.82) is 0 Å². The number of hydrogen-bond donors (Lipinski definition) is 2. The summed E-state index contributed by atoms with van der Waals surface area (Å²) in [6, 6.07) is 8.94. The molecule has 32 heavy (non-hydrogen) atoms. The van der Waals surface area contributed by atoms with Gasteiger partial charge >= 0.3 is 6.03 Å². The normalized spacial score (nSPS) is 19.9. The Kier molecular flexibility index (Phi) is 4.81. The van der Waals surface area contributed by atoms with E-state index >= 15 is 0 Å². The number of imide groups is 1. The van der Waals surface area contributed by atoms with E-state index in [2.05, 4.69) is 15.7 Å². The van der Waals surface area contributed by atoms with E-state index < -0.39 is 35.7 Å². The molecule has 0 radical (unpaired) electrons. The number of aryl methyl sites for hydroxylation is 2. The number of fused-ring (bicyclic) bond motifs is 2. The number of anilines is 1. The molecule has 4 amide bonds. The van der Waals surface area contributed by atoms with Crippen LogP contribution in [0.25, 0.3) is 5.69 Å². The number of carbonyl (C=O) groups excluding carboxylic acids is 3. The first-order chi connectivity index (χ1) is 15.4. The molecule has 164 valence electrons. The molecule has 1 aliphatic heterocycles. The highest BCUT2D eigenvalue weighted by Crippen LogP contribution is 2.42. The van der Waals surface area contributed by atoms with Crippen molar-refractivity contribution in [1.82, 2.24) is 20.0 Å². The maximum absolute atomic E-state index is 14.3. The Morgan fingerprint density at radius 3 is 2.94 bits per heavy atom. The average molecular weight is 453 g/mol. The van der Waals surface area contributed by atoms with Gasteiger partial charge in [0.25, 0.3) is 5.91 Å². The summed E-state index contributed by atoms with van der Waals surface area (Å²) < 4.78 is 15.5. The van der Waals surface area contributed by atoms with Crippen molar-refractivity contribution in [2.75, 3.05) is 11.9 Å². The van der Waals surface area contributed by atoms with Gasteiger partial charge in [-0.1, -0.05) is 12.1 Å². The summed E-state index contributed by atoms with van der Waals surface area (Å²) in [6.45, 7) is 1.27. The van der Waals surface area contributed by atoms with Gasteiger partial charge in [0.05, 0.1) is 5.69 Å². The first kappa shape index (κ1) is 20.4. The number of benzene rings is 1. The molecule has 0 bridgehead atoms. The number of amides is 4. The minimum Gasteiger partial charge on any atom is -0.319 e. The monoisotopic (exact) mass is 453 g/mol. The largest absolute Gasteiger partial charge is 0.325 e.